The molecule has 1 rings (SSSR count). The average Bonchev–Trinajstić information content (AvgIpc) is 2.13. The van der Waals surface area contributed by atoms with Gasteiger partial charge in [-0.15, -0.1) is 0 Å². The van der Waals surface area contributed by atoms with Gasteiger partial charge in [0.1, 0.15) is 0 Å². The van der Waals surface area contributed by atoms with Gasteiger partial charge in [0.25, 0.3) is 0 Å². The molecule has 0 fully saturated rings. The normalized spacial score (nSPS) is 12.8. The van der Waals surface area contributed by atoms with E-state index in [4.69, 9.17) is 0 Å². The number of hydrogen-bond acceptors (Lipinski definition) is 0. The van der Waals surface area contributed by atoms with Gasteiger partial charge in [-0.3, -0.25) is 0 Å². The van der Waals surface area contributed by atoms with Crippen LogP contribution in [-0.4, -0.2) is 0 Å². The standard InChI is InChI=1S/C14H18/c1-14(2,3)12-8-7-11-13-9-5-4-6-10-13/h4-12H,1-3H3. The van der Waals surface area contributed by atoms with Crippen LogP contribution in [-0.2, 0) is 0 Å². The van der Waals surface area contributed by atoms with Crippen molar-refractivity contribution < 1.29 is 0 Å². The Morgan fingerprint density at radius 1 is 0.929 bits per heavy atom. The predicted molar refractivity (Wildman–Crippen MR) is 64.1 cm³/mol. The molecule has 0 saturated carbocycles. The minimum absolute atomic E-state index is 0.265. The lowest BCUT2D eigenvalue weighted by molar-refractivity contribution is 0.544. The molecule has 0 aromatic heterocycles. The Balaban J connectivity index is 2.54. The van der Waals surface area contributed by atoms with Crippen molar-refractivity contribution >= 4 is 6.08 Å². The van der Waals surface area contributed by atoms with Crippen molar-refractivity contribution in [3.63, 3.8) is 0 Å². The van der Waals surface area contributed by atoms with E-state index in [-0.39, 0.29) is 5.41 Å². The molecule has 0 heteroatoms. The highest BCUT2D eigenvalue weighted by Gasteiger charge is 2.01. The summed E-state index contributed by atoms with van der Waals surface area (Å²) in [4.78, 5) is 0. The largest absolute Gasteiger partial charge is 0.0791 e. The van der Waals surface area contributed by atoms with Gasteiger partial charge in [0.05, 0.1) is 0 Å². The van der Waals surface area contributed by atoms with Crippen LogP contribution in [0.15, 0.2) is 48.6 Å². The van der Waals surface area contributed by atoms with Gasteiger partial charge in [0.15, 0.2) is 0 Å². The lowest BCUT2D eigenvalue weighted by atomic mass is 9.96. The molecule has 0 radical (unpaired) electrons. The van der Waals surface area contributed by atoms with E-state index in [2.05, 4.69) is 57.2 Å². The van der Waals surface area contributed by atoms with Crippen molar-refractivity contribution in [3.05, 3.63) is 54.1 Å². The van der Waals surface area contributed by atoms with Crippen molar-refractivity contribution in [1.29, 1.82) is 0 Å². The van der Waals surface area contributed by atoms with Crippen LogP contribution < -0.4 is 0 Å². The van der Waals surface area contributed by atoms with E-state index < -0.39 is 0 Å². The minimum atomic E-state index is 0.265. The number of benzene rings is 1. The van der Waals surface area contributed by atoms with E-state index in [0.29, 0.717) is 0 Å². The first kappa shape index (κ1) is 10.8. The Kier molecular flexibility index (Phi) is 3.70. The summed E-state index contributed by atoms with van der Waals surface area (Å²) in [7, 11) is 0. The maximum atomic E-state index is 2.20. The highest BCUT2D eigenvalue weighted by atomic mass is 14.1. The maximum Gasteiger partial charge on any atom is -0.0200 e. The van der Waals surface area contributed by atoms with Crippen molar-refractivity contribution in [1.82, 2.24) is 0 Å². The summed E-state index contributed by atoms with van der Waals surface area (Å²) < 4.78 is 0. The zero-order valence-electron chi connectivity index (χ0n) is 9.20. The van der Waals surface area contributed by atoms with Crippen molar-refractivity contribution in [2.24, 2.45) is 5.41 Å². The Morgan fingerprint density at radius 3 is 2.14 bits per heavy atom. The van der Waals surface area contributed by atoms with Gasteiger partial charge in [0.2, 0.25) is 0 Å². The Morgan fingerprint density at radius 2 is 1.57 bits per heavy atom. The van der Waals surface area contributed by atoms with Gasteiger partial charge in [0, 0.05) is 0 Å². The van der Waals surface area contributed by atoms with Gasteiger partial charge in [-0.1, -0.05) is 75.4 Å². The summed E-state index contributed by atoms with van der Waals surface area (Å²) in [5.74, 6) is 0. The fourth-order valence-corrected chi connectivity index (χ4v) is 1.08. The van der Waals surface area contributed by atoms with E-state index >= 15 is 0 Å². The van der Waals surface area contributed by atoms with Gasteiger partial charge in [-0.25, -0.2) is 0 Å². The first-order chi connectivity index (χ1) is 6.58. The summed E-state index contributed by atoms with van der Waals surface area (Å²) in [5.41, 5.74) is 1.51. The molecular formula is C14H18. The van der Waals surface area contributed by atoms with Crippen LogP contribution in [0.25, 0.3) is 6.08 Å². The quantitative estimate of drug-likeness (QED) is 0.604. The highest BCUT2D eigenvalue weighted by molar-refractivity contribution is 5.50. The van der Waals surface area contributed by atoms with E-state index in [9.17, 15) is 0 Å². The molecule has 0 atom stereocenters. The Hall–Kier alpha value is -1.30. The molecule has 0 aliphatic carbocycles. The summed E-state index contributed by atoms with van der Waals surface area (Å²) in [5, 5.41) is 0. The topological polar surface area (TPSA) is 0 Å². The van der Waals surface area contributed by atoms with E-state index in [1.54, 1.807) is 0 Å². The van der Waals surface area contributed by atoms with Gasteiger partial charge >= 0.3 is 0 Å². The molecule has 0 amide bonds. The molecule has 0 bridgehead atoms. The monoisotopic (exact) mass is 186 g/mol. The first-order valence-electron chi connectivity index (χ1n) is 4.99. The second-order valence-electron chi connectivity index (χ2n) is 4.49. The molecule has 1 aromatic carbocycles. The van der Waals surface area contributed by atoms with E-state index in [0.717, 1.165) is 0 Å². The molecule has 0 aliphatic heterocycles. The number of rotatable bonds is 2. The van der Waals surface area contributed by atoms with E-state index in [1.165, 1.54) is 5.56 Å². The summed E-state index contributed by atoms with van der Waals surface area (Å²) in [6, 6.07) is 10.3. The van der Waals surface area contributed by atoms with Crippen LogP contribution >= 0.6 is 0 Å². The molecule has 0 aliphatic rings. The van der Waals surface area contributed by atoms with Crippen molar-refractivity contribution in [2.75, 3.05) is 0 Å². The molecule has 1 aromatic rings. The third-order valence-electron chi connectivity index (χ3n) is 1.80. The second kappa shape index (κ2) is 4.80. The number of hydrogen-bond donors (Lipinski definition) is 0. The predicted octanol–water partition coefficient (Wildman–Crippen LogP) is 4.30. The van der Waals surface area contributed by atoms with Crippen LogP contribution in [0.1, 0.15) is 26.3 Å². The third kappa shape index (κ3) is 4.66. The average molecular weight is 186 g/mol. The van der Waals surface area contributed by atoms with E-state index in [1.807, 2.05) is 18.2 Å². The second-order valence-corrected chi connectivity index (χ2v) is 4.49. The Labute approximate surface area is 87.0 Å². The fourth-order valence-electron chi connectivity index (χ4n) is 1.08. The molecule has 0 nitrogen and oxygen atoms in total. The zero-order valence-corrected chi connectivity index (χ0v) is 9.20. The van der Waals surface area contributed by atoms with Crippen LogP contribution in [0.5, 0.6) is 0 Å². The van der Waals surface area contributed by atoms with Crippen molar-refractivity contribution in [2.45, 2.75) is 20.8 Å². The fraction of sp³-hybridized carbons (Fsp3) is 0.286. The molecule has 0 N–H and O–H groups in total. The third-order valence-corrected chi connectivity index (χ3v) is 1.80. The molecule has 0 unspecified atom stereocenters. The zero-order chi connectivity index (χ0) is 10.4. The SMILES string of the molecule is CC(C)(C)C=CC=Cc1ccccc1. The lowest BCUT2D eigenvalue weighted by Gasteiger charge is -2.09. The minimum Gasteiger partial charge on any atom is -0.0791 e. The smallest absolute Gasteiger partial charge is 0.0200 e. The molecule has 14 heavy (non-hydrogen) atoms. The van der Waals surface area contributed by atoms with Crippen LogP contribution in [0.3, 0.4) is 0 Å². The lowest BCUT2D eigenvalue weighted by Crippen LogP contribution is -1.97. The van der Waals surface area contributed by atoms with Crippen molar-refractivity contribution in [3.8, 4) is 0 Å². The molecule has 0 spiro atoms. The first-order valence-corrected chi connectivity index (χ1v) is 4.99. The van der Waals surface area contributed by atoms with Gasteiger partial charge in [-0.2, -0.15) is 0 Å². The van der Waals surface area contributed by atoms with Gasteiger partial charge in [-0.05, 0) is 11.0 Å². The Bertz CT molecular complexity index is 310. The molecule has 0 saturated heterocycles. The summed E-state index contributed by atoms with van der Waals surface area (Å²) >= 11 is 0. The summed E-state index contributed by atoms with van der Waals surface area (Å²) in [6.07, 6.45) is 8.50. The van der Waals surface area contributed by atoms with Crippen LogP contribution in [0, 0.1) is 5.41 Å². The molecular weight excluding hydrogens is 168 g/mol. The molecule has 74 valence electrons. The summed E-state index contributed by atoms with van der Waals surface area (Å²) in [6.45, 7) is 6.58. The number of allylic oxidation sites excluding steroid dienone is 3. The van der Waals surface area contributed by atoms with Crippen LogP contribution in [0.4, 0.5) is 0 Å². The van der Waals surface area contributed by atoms with Gasteiger partial charge < -0.3 is 0 Å². The van der Waals surface area contributed by atoms with Crippen LogP contribution in [0.2, 0.25) is 0 Å². The maximum absolute atomic E-state index is 2.20. The highest BCUT2D eigenvalue weighted by Crippen LogP contribution is 2.14. The molecule has 0 heterocycles.